The van der Waals surface area contributed by atoms with Gasteiger partial charge in [0.05, 0.1) is 7.11 Å². The van der Waals surface area contributed by atoms with Gasteiger partial charge in [-0.1, -0.05) is 5.92 Å². The second-order valence-corrected chi connectivity index (χ2v) is 6.66. The largest absolute Gasteiger partial charge is 0.489 e. The molecule has 0 bridgehead atoms. The topological polar surface area (TPSA) is 94.8 Å². The molecule has 0 radical (unpaired) electrons. The van der Waals surface area contributed by atoms with Crippen LogP contribution in [0, 0.1) is 27.9 Å². The number of hydrogen-bond acceptors (Lipinski definition) is 6. The van der Waals surface area contributed by atoms with Gasteiger partial charge in [-0.05, 0) is 49.1 Å². The molecular formula is C17H21N3O5. The zero-order valence-electron chi connectivity index (χ0n) is 14.7. The summed E-state index contributed by atoms with van der Waals surface area (Å²) in [4.78, 5) is 27.9. The van der Waals surface area contributed by atoms with Gasteiger partial charge in [-0.15, -0.1) is 0 Å². The summed E-state index contributed by atoms with van der Waals surface area (Å²) < 4.78 is 10.2. The fourth-order valence-electron chi connectivity index (χ4n) is 2.34. The van der Waals surface area contributed by atoms with Crippen molar-refractivity contribution in [2.75, 3.05) is 20.2 Å². The molecule has 1 aromatic rings. The lowest BCUT2D eigenvalue weighted by atomic mass is 10.1. The maximum Gasteiger partial charge on any atom is 0.410 e. The van der Waals surface area contributed by atoms with E-state index in [1.54, 1.807) is 11.0 Å². The summed E-state index contributed by atoms with van der Waals surface area (Å²) in [7, 11) is 1.35. The van der Waals surface area contributed by atoms with Crippen LogP contribution in [0.5, 0.6) is 5.75 Å². The number of aromatic nitrogens is 1. The molecule has 0 saturated carbocycles. The van der Waals surface area contributed by atoms with Crippen LogP contribution in [0.4, 0.5) is 10.6 Å². The first-order chi connectivity index (χ1) is 11.7. The molecule has 0 N–H and O–H groups in total. The van der Waals surface area contributed by atoms with E-state index in [1.807, 2.05) is 20.8 Å². The minimum atomic E-state index is -0.607. The molecule has 8 heteroatoms. The average molecular weight is 347 g/mol. The summed E-state index contributed by atoms with van der Waals surface area (Å²) in [6.45, 7) is 6.51. The van der Waals surface area contributed by atoms with Crippen molar-refractivity contribution in [3.8, 4) is 17.6 Å². The Bertz CT molecular complexity index is 730. The molecule has 1 saturated heterocycles. The average Bonchev–Trinajstić information content (AvgIpc) is 3.00. The molecule has 1 atom stereocenters. The van der Waals surface area contributed by atoms with Crippen LogP contribution in [-0.2, 0) is 4.74 Å². The third-order valence-electron chi connectivity index (χ3n) is 3.48. The van der Waals surface area contributed by atoms with Crippen LogP contribution < -0.4 is 4.74 Å². The molecule has 1 amide bonds. The molecule has 1 fully saturated rings. The van der Waals surface area contributed by atoms with Crippen LogP contribution in [0.3, 0.4) is 0 Å². The minimum absolute atomic E-state index is 0.0181. The highest BCUT2D eigenvalue weighted by Gasteiger charge is 2.29. The molecule has 0 aromatic carbocycles. The van der Waals surface area contributed by atoms with E-state index in [-0.39, 0.29) is 23.6 Å². The zero-order valence-corrected chi connectivity index (χ0v) is 14.7. The van der Waals surface area contributed by atoms with E-state index in [9.17, 15) is 14.9 Å². The van der Waals surface area contributed by atoms with Gasteiger partial charge in [-0.25, -0.2) is 4.79 Å². The number of nitrogens with zero attached hydrogens (tertiary/aromatic N) is 3. The Hall–Kier alpha value is -2.82. The van der Waals surface area contributed by atoms with E-state index in [0.29, 0.717) is 18.8 Å². The molecule has 25 heavy (non-hydrogen) atoms. The van der Waals surface area contributed by atoms with Crippen molar-refractivity contribution in [2.24, 2.45) is 5.92 Å². The summed E-state index contributed by atoms with van der Waals surface area (Å²) in [6, 6.07) is 3.04. The Labute approximate surface area is 146 Å². The molecule has 8 nitrogen and oxygen atoms in total. The fourth-order valence-corrected chi connectivity index (χ4v) is 2.34. The Morgan fingerprint density at radius 1 is 1.44 bits per heavy atom. The van der Waals surface area contributed by atoms with Crippen molar-refractivity contribution < 1.29 is 19.2 Å². The van der Waals surface area contributed by atoms with Crippen molar-refractivity contribution in [1.82, 2.24) is 9.88 Å². The number of ether oxygens (including phenoxy) is 2. The number of nitro groups is 1. The maximum absolute atomic E-state index is 12.0. The van der Waals surface area contributed by atoms with Crippen LogP contribution in [-0.4, -0.2) is 46.7 Å². The predicted molar refractivity (Wildman–Crippen MR) is 90.2 cm³/mol. The first-order valence-electron chi connectivity index (χ1n) is 7.88. The lowest BCUT2D eigenvalue weighted by molar-refractivity contribution is -0.390. The van der Waals surface area contributed by atoms with Gasteiger partial charge in [0.15, 0.2) is 0 Å². The van der Waals surface area contributed by atoms with E-state index in [1.165, 1.54) is 13.2 Å². The monoisotopic (exact) mass is 347 g/mol. The summed E-state index contributed by atoms with van der Waals surface area (Å²) in [5, 5.41) is 11.0. The summed E-state index contributed by atoms with van der Waals surface area (Å²) in [5.74, 6) is 5.57. The number of carbonyl (C=O) groups is 1. The molecule has 0 aliphatic carbocycles. The van der Waals surface area contributed by atoms with E-state index in [2.05, 4.69) is 16.8 Å². The second-order valence-electron chi connectivity index (χ2n) is 6.66. The van der Waals surface area contributed by atoms with Crippen LogP contribution in [0.15, 0.2) is 12.1 Å². The van der Waals surface area contributed by atoms with Gasteiger partial charge < -0.3 is 24.5 Å². The predicted octanol–water partition coefficient (Wildman–Crippen LogP) is 2.61. The van der Waals surface area contributed by atoms with Crippen molar-refractivity contribution in [3.63, 3.8) is 0 Å². The Morgan fingerprint density at radius 2 is 2.16 bits per heavy atom. The molecule has 2 heterocycles. The van der Waals surface area contributed by atoms with Gasteiger partial charge in [0.25, 0.3) is 0 Å². The highest BCUT2D eigenvalue weighted by Crippen LogP contribution is 2.24. The number of amides is 1. The van der Waals surface area contributed by atoms with Gasteiger partial charge >= 0.3 is 11.9 Å². The number of methoxy groups -OCH3 is 1. The van der Waals surface area contributed by atoms with Crippen molar-refractivity contribution in [2.45, 2.75) is 32.8 Å². The van der Waals surface area contributed by atoms with E-state index in [4.69, 9.17) is 9.47 Å². The highest BCUT2D eigenvalue weighted by atomic mass is 16.6. The second kappa shape index (κ2) is 7.38. The zero-order chi connectivity index (χ0) is 18.6. The number of pyridine rings is 1. The SMILES string of the molecule is COc1ccc(C#CC2CCN(C(=O)OC(C)(C)C)C2)nc1[N+](=O)[O-]. The summed E-state index contributed by atoms with van der Waals surface area (Å²) in [6.07, 6.45) is 0.375. The van der Waals surface area contributed by atoms with Gasteiger partial charge in [-0.3, -0.25) is 0 Å². The number of carbonyl (C=O) groups excluding carboxylic acids is 1. The molecule has 1 aliphatic heterocycles. The molecule has 1 aromatic heterocycles. The van der Waals surface area contributed by atoms with Crippen molar-refractivity contribution in [3.05, 3.63) is 27.9 Å². The van der Waals surface area contributed by atoms with Crippen LogP contribution >= 0.6 is 0 Å². The molecular weight excluding hydrogens is 326 g/mol. The number of rotatable bonds is 2. The van der Waals surface area contributed by atoms with Gasteiger partial charge in [-0.2, -0.15) is 0 Å². The van der Waals surface area contributed by atoms with Crippen LogP contribution in [0.2, 0.25) is 0 Å². The standard InChI is InChI=1S/C17H21N3O5/c1-17(2,3)25-16(21)19-10-9-12(11-19)5-6-13-7-8-14(24-4)15(18-13)20(22)23/h7-8,12H,9-11H2,1-4H3. The van der Waals surface area contributed by atoms with Gasteiger partial charge in [0, 0.05) is 25.1 Å². The molecule has 134 valence electrons. The van der Waals surface area contributed by atoms with Crippen molar-refractivity contribution in [1.29, 1.82) is 0 Å². The third-order valence-corrected chi connectivity index (χ3v) is 3.48. The lowest BCUT2D eigenvalue weighted by Gasteiger charge is -2.24. The Morgan fingerprint density at radius 3 is 2.76 bits per heavy atom. The van der Waals surface area contributed by atoms with E-state index < -0.39 is 10.5 Å². The van der Waals surface area contributed by atoms with Gasteiger partial charge in [0.1, 0.15) is 5.60 Å². The van der Waals surface area contributed by atoms with E-state index >= 15 is 0 Å². The van der Waals surface area contributed by atoms with Gasteiger partial charge in [0.2, 0.25) is 11.4 Å². The summed E-state index contributed by atoms with van der Waals surface area (Å²) in [5.41, 5.74) is -0.240. The normalized spacial score (nSPS) is 16.8. The minimum Gasteiger partial charge on any atom is -0.489 e. The molecule has 1 unspecified atom stereocenters. The highest BCUT2D eigenvalue weighted by molar-refractivity contribution is 5.68. The lowest BCUT2D eigenvalue weighted by Crippen LogP contribution is -2.35. The maximum atomic E-state index is 12.0. The number of hydrogen-bond donors (Lipinski definition) is 0. The first-order valence-corrected chi connectivity index (χ1v) is 7.88. The summed E-state index contributed by atoms with van der Waals surface area (Å²) >= 11 is 0. The van der Waals surface area contributed by atoms with Crippen molar-refractivity contribution >= 4 is 11.9 Å². The fraction of sp³-hybridized carbons (Fsp3) is 0.529. The third kappa shape index (κ3) is 5.08. The van der Waals surface area contributed by atoms with Crippen LogP contribution in [0.25, 0.3) is 0 Å². The van der Waals surface area contributed by atoms with Crippen LogP contribution in [0.1, 0.15) is 32.9 Å². The Kier molecular flexibility index (Phi) is 5.47. The quantitative estimate of drug-likeness (QED) is 0.464. The first kappa shape index (κ1) is 18.5. The molecule has 2 rings (SSSR count). The van der Waals surface area contributed by atoms with E-state index in [0.717, 1.165) is 6.42 Å². The smallest absolute Gasteiger partial charge is 0.410 e. The molecule has 0 spiro atoms. The Balaban J connectivity index is 2.04. The number of likely N-dealkylation sites (tertiary alicyclic amines) is 1. The molecule has 1 aliphatic rings.